The van der Waals surface area contributed by atoms with Gasteiger partial charge in [0.1, 0.15) is 0 Å². The number of hydrogen-bond acceptors (Lipinski definition) is 2. The molecule has 152 valence electrons. The van der Waals surface area contributed by atoms with E-state index in [-0.39, 0.29) is 6.42 Å². The van der Waals surface area contributed by atoms with Crippen LogP contribution in [0.25, 0.3) is 0 Å². The number of hydrogen-bond donors (Lipinski definition) is 2. The van der Waals surface area contributed by atoms with Gasteiger partial charge in [-0.25, -0.2) is 0 Å². The van der Waals surface area contributed by atoms with E-state index in [1.54, 1.807) is 0 Å². The Kier molecular flexibility index (Phi) is 7.36. The smallest absolute Gasteiger partial charge is 0.303 e. The maximum Gasteiger partial charge on any atom is 0.303 e. The van der Waals surface area contributed by atoms with E-state index in [1.807, 2.05) is 12.1 Å². The Balaban J connectivity index is 1.58. The van der Waals surface area contributed by atoms with Crippen LogP contribution in [0.5, 0.6) is 0 Å². The normalized spacial score (nSPS) is 26.2. The number of fused-ring (bicyclic) bond motifs is 2. The van der Waals surface area contributed by atoms with Gasteiger partial charge in [-0.05, 0) is 98.6 Å². The summed E-state index contributed by atoms with van der Waals surface area (Å²) >= 11 is 6.16. The van der Waals surface area contributed by atoms with Crippen LogP contribution in [0.3, 0.4) is 0 Å². The Morgan fingerprint density at radius 1 is 1.21 bits per heavy atom. The van der Waals surface area contributed by atoms with E-state index >= 15 is 0 Å². The van der Waals surface area contributed by atoms with Crippen molar-refractivity contribution in [2.45, 2.75) is 52.5 Å². The largest absolute Gasteiger partial charge is 0.481 e. The van der Waals surface area contributed by atoms with Crippen LogP contribution in [-0.2, 0) is 11.3 Å². The molecule has 3 nitrogen and oxygen atoms in total. The summed E-state index contributed by atoms with van der Waals surface area (Å²) in [5.41, 5.74) is 3.84. The number of nitrogens with one attached hydrogen (secondary N) is 1. The third-order valence-corrected chi connectivity index (χ3v) is 6.66. The Bertz CT molecular complexity index is 732. The molecule has 3 aliphatic rings. The topological polar surface area (TPSA) is 49.3 Å². The molecule has 28 heavy (non-hydrogen) atoms. The van der Waals surface area contributed by atoms with Crippen LogP contribution >= 0.6 is 11.6 Å². The number of halogens is 1. The number of carbonyl (C=O) groups is 1. The van der Waals surface area contributed by atoms with E-state index < -0.39 is 5.97 Å². The monoisotopic (exact) mass is 401 g/mol. The minimum absolute atomic E-state index is 0.256. The number of rotatable bonds is 9. The molecular weight excluding hydrogens is 370 g/mol. The highest BCUT2D eigenvalue weighted by atomic mass is 35.5. The molecule has 3 aliphatic carbocycles. The van der Waals surface area contributed by atoms with Crippen molar-refractivity contribution in [2.75, 3.05) is 6.54 Å². The molecule has 0 spiro atoms. The highest BCUT2D eigenvalue weighted by molar-refractivity contribution is 6.30. The van der Waals surface area contributed by atoms with Crippen LogP contribution in [0.15, 0.2) is 36.4 Å². The first-order valence-electron chi connectivity index (χ1n) is 10.5. The molecule has 1 aromatic rings. The zero-order valence-corrected chi connectivity index (χ0v) is 17.7. The van der Waals surface area contributed by atoms with Gasteiger partial charge in [-0.3, -0.25) is 4.79 Å². The molecule has 0 amide bonds. The summed E-state index contributed by atoms with van der Waals surface area (Å²) in [6.07, 6.45) is 13.8. The van der Waals surface area contributed by atoms with Crippen molar-refractivity contribution < 1.29 is 9.90 Å². The van der Waals surface area contributed by atoms with Crippen LogP contribution in [0.2, 0.25) is 5.02 Å². The Hall–Kier alpha value is -1.58. The van der Waals surface area contributed by atoms with E-state index in [9.17, 15) is 4.79 Å². The number of carboxylic acid groups (broad SMARTS) is 1. The van der Waals surface area contributed by atoms with Crippen molar-refractivity contribution >= 4 is 17.6 Å². The van der Waals surface area contributed by atoms with E-state index in [0.29, 0.717) is 23.7 Å². The molecule has 0 unspecified atom stereocenters. The standard InChI is InChI=1S/C24H32ClNO2/c1-16-12-20(25)13-17(2)22(16)14-26-15-23-19-10-8-18(9-11-19)21(23)6-4-3-5-7-24(27)28/h4,6,8,10,12-13,18-19,21,23,26H,3,5,7,9,11,14-15H2,1-2H3,(H,27,28)/b6-4-/t18-,19+,21-,23-/m0/s1. The molecule has 4 atom stereocenters. The lowest BCUT2D eigenvalue weighted by Gasteiger charge is -2.44. The third kappa shape index (κ3) is 5.27. The van der Waals surface area contributed by atoms with E-state index in [1.165, 1.54) is 29.5 Å². The molecule has 1 saturated carbocycles. The zero-order chi connectivity index (χ0) is 20.1. The van der Waals surface area contributed by atoms with E-state index in [2.05, 4.69) is 43.5 Å². The van der Waals surface area contributed by atoms with Crippen LogP contribution < -0.4 is 5.32 Å². The Morgan fingerprint density at radius 2 is 1.89 bits per heavy atom. The zero-order valence-electron chi connectivity index (χ0n) is 17.0. The minimum atomic E-state index is -0.706. The number of unbranched alkanes of at least 4 members (excludes halogenated alkanes) is 1. The number of aryl methyl sites for hydroxylation is 2. The fourth-order valence-corrected chi connectivity index (χ4v) is 5.25. The van der Waals surface area contributed by atoms with Crippen molar-refractivity contribution in [3.05, 3.63) is 58.1 Å². The van der Waals surface area contributed by atoms with Crippen molar-refractivity contribution in [1.82, 2.24) is 5.32 Å². The molecule has 0 heterocycles. The highest BCUT2D eigenvalue weighted by Crippen LogP contribution is 2.45. The maximum atomic E-state index is 10.7. The summed E-state index contributed by atoms with van der Waals surface area (Å²) < 4.78 is 0. The molecule has 1 fully saturated rings. The van der Waals surface area contributed by atoms with Crippen LogP contribution in [0, 0.1) is 37.5 Å². The second-order valence-corrected chi connectivity index (χ2v) is 8.83. The average Bonchev–Trinajstić information content (AvgIpc) is 2.65. The molecule has 4 rings (SSSR count). The predicted octanol–water partition coefficient (Wildman–Crippen LogP) is 5.69. The number of benzene rings is 1. The quantitative estimate of drug-likeness (QED) is 0.413. The molecule has 0 aliphatic heterocycles. The van der Waals surface area contributed by atoms with Gasteiger partial charge in [-0.1, -0.05) is 35.9 Å². The van der Waals surface area contributed by atoms with Gasteiger partial charge in [0, 0.05) is 18.0 Å². The number of carboxylic acids is 1. The number of allylic oxidation sites excluding steroid dienone is 4. The second-order valence-electron chi connectivity index (χ2n) is 8.39. The molecule has 2 bridgehead atoms. The molecule has 4 heteroatoms. The summed E-state index contributed by atoms with van der Waals surface area (Å²) in [6.45, 7) is 6.15. The van der Waals surface area contributed by atoms with Crippen LogP contribution in [0.4, 0.5) is 0 Å². The lowest BCUT2D eigenvalue weighted by molar-refractivity contribution is -0.137. The van der Waals surface area contributed by atoms with Crippen LogP contribution in [-0.4, -0.2) is 17.6 Å². The van der Waals surface area contributed by atoms with Gasteiger partial charge >= 0.3 is 5.97 Å². The van der Waals surface area contributed by atoms with Gasteiger partial charge in [-0.15, -0.1) is 0 Å². The summed E-state index contributed by atoms with van der Waals surface area (Å²) in [7, 11) is 0. The minimum Gasteiger partial charge on any atom is -0.481 e. The molecular formula is C24H32ClNO2. The van der Waals surface area contributed by atoms with Gasteiger partial charge in [0.05, 0.1) is 0 Å². The average molecular weight is 402 g/mol. The fraction of sp³-hybridized carbons (Fsp3) is 0.542. The second kappa shape index (κ2) is 9.76. The predicted molar refractivity (Wildman–Crippen MR) is 116 cm³/mol. The highest BCUT2D eigenvalue weighted by Gasteiger charge is 2.38. The Morgan fingerprint density at radius 3 is 2.54 bits per heavy atom. The molecule has 0 aromatic heterocycles. The fourth-order valence-electron chi connectivity index (χ4n) is 4.92. The molecule has 0 saturated heterocycles. The lowest BCUT2D eigenvalue weighted by atomic mass is 9.62. The maximum absolute atomic E-state index is 10.7. The molecule has 0 radical (unpaired) electrons. The summed E-state index contributed by atoms with van der Waals surface area (Å²) in [4.78, 5) is 10.7. The SMILES string of the molecule is Cc1cc(Cl)cc(C)c1CNC[C@@H]1[C@@H](/C=C\CCCC(=O)O)[C@H]2C=C[C@@H]1CC2. The van der Waals surface area contributed by atoms with E-state index in [4.69, 9.17) is 16.7 Å². The summed E-state index contributed by atoms with van der Waals surface area (Å²) in [6, 6.07) is 4.08. The van der Waals surface area contributed by atoms with Crippen molar-refractivity contribution in [3.8, 4) is 0 Å². The summed E-state index contributed by atoms with van der Waals surface area (Å²) in [5, 5.41) is 13.3. The van der Waals surface area contributed by atoms with Gasteiger partial charge < -0.3 is 10.4 Å². The van der Waals surface area contributed by atoms with Gasteiger partial charge in [0.15, 0.2) is 0 Å². The number of aliphatic carboxylic acids is 1. The first kappa shape index (κ1) is 21.1. The van der Waals surface area contributed by atoms with Gasteiger partial charge in [-0.2, -0.15) is 0 Å². The molecule has 2 N–H and O–H groups in total. The summed E-state index contributed by atoms with van der Waals surface area (Å²) in [5.74, 6) is 1.76. The van der Waals surface area contributed by atoms with E-state index in [0.717, 1.165) is 31.0 Å². The third-order valence-electron chi connectivity index (χ3n) is 6.44. The molecule has 1 aromatic carbocycles. The van der Waals surface area contributed by atoms with Gasteiger partial charge in [0.25, 0.3) is 0 Å². The first-order chi connectivity index (χ1) is 13.5. The van der Waals surface area contributed by atoms with Crippen molar-refractivity contribution in [3.63, 3.8) is 0 Å². The Labute approximate surface area is 173 Å². The van der Waals surface area contributed by atoms with Crippen LogP contribution in [0.1, 0.15) is 48.8 Å². The lowest BCUT2D eigenvalue weighted by Crippen LogP contribution is -2.41. The van der Waals surface area contributed by atoms with Crippen molar-refractivity contribution in [2.24, 2.45) is 23.7 Å². The van der Waals surface area contributed by atoms with Gasteiger partial charge in [0.2, 0.25) is 0 Å². The first-order valence-corrected chi connectivity index (χ1v) is 10.9. The van der Waals surface area contributed by atoms with Crippen molar-refractivity contribution in [1.29, 1.82) is 0 Å².